The Morgan fingerprint density at radius 2 is 2.04 bits per heavy atom. The SMILES string of the molecule is CCCCOc1nc(N)c2ncn(CCCc3cccc(CO)c3)c2n1. The molecule has 0 aliphatic rings. The standard InChI is InChI=1S/C19H25N5O2/c1-2-3-10-26-19-22-17(20)16-18(23-19)24(13-21-16)9-5-8-14-6-4-7-15(11-14)12-25/h4,6-7,11,13,25H,2-3,5,8-10,12H2,1H3,(H2,20,22,23). The molecule has 0 unspecified atom stereocenters. The van der Waals surface area contributed by atoms with Gasteiger partial charge in [-0.05, 0) is 30.4 Å². The molecule has 0 atom stereocenters. The predicted molar refractivity (Wildman–Crippen MR) is 101 cm³/mol. The van der Waals surface area contributed by atoms with E-state index in [-0.39, 0.29) is 6.61 Å². The Morgan fingerprint density at radius 1 is 1.19 bits per heavy atom. The van der Waals surface area contributed by atoms with Crippen molar-refractivity contribution in [2.24, 2.45) is 0 Å². The van der Waals surface area contributed by atoms with Crippen LogP contribution in [0, 0.1) is 0 Å². The quantitative estimate of drug-likeness (QED) is 0.573. The lowest BCUT2D eigenvalue weighted by Gasteiger charge is -2.07. The highest BCUT2D eigenvalue weighted by atomic mass is 16.5. The second-order valence-electron chi connectivity index (χ2n) is 6.29. The molecule has 0 spiro atoms. The summed E-state index contributed by atoms with van der Waals surface area (Å²) in [6.07, 6.45) is 5.58. The summed E-state index contributed by atoms with van der Waals surface area (Å²) in [5, 5.41) is 9.24. The third-order valence-corrected chi connectivity index (χ3v) is 4.24. The Hall–Kier alpha value is -2.67. The lowest BCUT2D eigenvalue weighted by atomic mass is 10.1. The number of hydrogen-bond donors (Lipinski definition) is 2. The summed E-state index contributed by atoms with van der Waals surface area (Å²) in [5.41, 5.74) is 9.45. The number of imidazole rings is 1. The summed E-state index contributed by atoms with van der Waals surface area (Å²) in [6.45, 7) is 3.52. The molecule has 1 aromatic carbocycles. The van der Waals surface area contributed by atoms with Gasteiger partial charge in [-0.2, -0.15) is 9.97 Å². The van der Waals surface area contributed by atoms with Gasteiger partial charge in [0, 0.05) is 6.54 Å². The van der Waals surface area contributed by atoms with E-state index in [4.69, 9.17) is 10.5 Å². The van der Waals surface area contributed by atoms with Gasteiger partial charge >= 0.3 is 6.01 Å². The molecule has 7 nitrogen and oxygen atoms in total. The van der Waals surface area contributed by atoms with Gasteiger partial charge in [-0.1, -0.05) is 37.6 Å². The minimum Gasteiger partial charge on any atom is -0.463 e. The highest BCUT2D eigenvalue weighted by Crippen LogP contribution is 2.20. The maximum absolute atomic E-state index is 9.24. The monoisotopic (exact) mass is 355 g/mol. The number of aromatic nitrogens is 4. The smallest absolute Gasteiger partial charge is 0.320 e. The van der Waals surface area contributed by atoms with Crippen LogP contribution in [-0.4, -0.2) is 31.2 Å². The zero-order valence-corrected chi connectivity index (χ0v) is 15.1. The molecule has 3 rings (SSSR count). The molecule has 3 aromatic rings. The second-order valence-corrected chi connectivity index (χ2v) is 6.29. The Balaban J connectivity index is 1.69. The number of fused-ring (bicyclic) bond motifs is 1. The molecule has 0 amide bonds. The van der Waals surface area contributed by atoms with Crippen LogP contribution in [0.5, 0.6) is 6.01 Å². The zero-order chi connectivity index (χ0) is 18.4. The molecule has 0 saturated heterocycles. The molecule has 26 heavy (non-hydrogen) atoms. The highest BCUT2D eigenvalue weighted by molar-refractivity contribution is 5.81. The van der Waals surface area contributed by atoms with E-state index in [9.17, 15) is 5.11 Å². The topological polar surface area (TPSA) is 99.1 Å². The number of rotatable bonds is 9. The molecule has 2 heterocycles. The van der Waals surface area contributed by atoms with E-state index in [1.165, 1.54) is 5.56 Å². The van der Waals surface area contributed by atoms with E-state index in [2.05, 4.69) is 27.9 Å². The van der Waals surface area contributed by atoms with Crippen molar-refractivity contribution in [1.29, 1.82) is 0 Å². The van der Waals surface area contributed by atoms with E-state index >= 15 is 0 Å². The van der Waals surface area contributed by atoms with E-state index in [1.807, 2.05) is 22.8 Å². The molecular weight excluding hydrogens is 330 g/mol. The summed E-state index contributed by atoms with van der Waals surface area (Å²) >= 11 is 0. The fourth-order valence-corrected chi connectivity index (χ4v) is 2.82. The number of aliphatic hydroxyl groups is 1. The minimum absolute atomic E-state index is 0.0665. The molecule has 0 aliphatic carbocycles. The number of hydrogen-bond acceptors (Lipinski definition) is 6. The summed E-state index contributed by atoms with van der Waals surface area (Å²) in [4.78, 5) is 13.0. The van der Waals surface area contributed by atoms with E-state index in [1.54, 1.807) is 6.33 Å². The van der Waals surface area contributed by atoms with Crippen molar-refractivity contribution in [1.82, 2.24) is 19.5 Å². The van der Waals surface area contributed by atoms with Crippen LogP contribution in [0.4, 0.5) is 5.82 Å². The number of benzene rings is 1. The van der Waals surface area contributed by atoms with Crippen LogP contribution in [0.3, 0.4) is 0 Å². The summed E-state index contributed by atoms with van der Waals surface area (Å²) in [5.74, 6) is 0.343. The number of nitrogen functional groups attached to an aromatic ring is 1. The number of nitrogens with zero attached hydrogens (tertiary/aromatic N) is 4. The fourth-order valence-electron chi connectivity index (χ4n) is 2.82. The summed E-state index contributed by atoms with van der Waals surface area (Å²) < 4.78 is 7.57. The van der Waals surface area contributed by atoms with Crippen LogP contribution in [0.15, 0.2) is 30.6 Å². The van der Waals surface area contributed by atoms with Crippen molar-refractivity contribution in [3.8, 4) is 6.01 Å². The molecule has 0 saturated carbocycles. The van der Waals surface area contributed by atoms with Crippen LogP contribution in [-0.2, 0) is 19.6 Å². The van der Waals surface area contributed by atoms with Crippen LogP contribution in [0.2, 0.25) is 0 Å². The van der Waals surface area contributed by atoms with Gasteiger partial charge in [-0.3, -0.25) is 0 Å². The maximum Gasteiger partial charge on any atom is 0.320 e. The first kappa shape index (κ1) is 18.1. The van der Waals surface area contributed by atoms with Gasteiger partial charge in [0.1, 0.15) is 5.52 Å². The Labute approximate surface area is 152 Å². The maximum atomic E-state index is 9.24. The van der Waals surface area contributed by atoms with Gasteiger partial charge in [0.2, 0.25) is 0 Å². The molecule has 0 aliphatic heterocycles. The lowest BCUT2D eigenvalue weighted by Crippen LogP contribution is -2.06. The number of anilines is 1. The third kappa shape index (κ3) is 4.29. The first-order valence-electron chi connectivity index (χ1n) is 9.01. The molecule has 7 heteroatoms. The Morgan fingerprint density at radius 3 is 2.85 bits per heavy atom. The molecular formula is C19H25N5O2. The largest absolute Gasteiger partial charge is 0.463 e. The molecule has 138 valence electrons. The number of unbranched alkanes of at least 4 members (excludes halogenated alkanes) is 1. The molecule has 3 N–H and O–H groups in total. The second kappa shape index (κ2) is 8.62. The number of nitrogens with two attached hydrogens (primary N) is 1. The summed E-state index contributed by atoms with van der Waals surface area (Å²) in [6, 6.07) is 8.31. The molecule has 0 radical (unpaired) electrons. The molecule has 0 bridgehead atoms. The van der Waals surface area contributed by atoms with Crippen molar-refractivity contribution < 1.29 is 9.84 Å². The first-order chi connectivity index (χ1) is 12.7. The average Bonchev–Trinajstić information content (AvgIpc) is 3.06. The van der Waals surface area contributed by atoms with Crippen LogP contribution < -0.4 is 10.5 Å². The number of aryl methyl sites for hydroxylation is 2. The average molecular weight is 355 g/mol. The normalized spacial score (nSPS) is 11.2. The Bertz CT molecular complexity index is 862. The number of ether oxygens (including phenoxy) is 1. The minimum atomic E-state index is 0.0665. The predicted octanol–water partition coefficient (Wildman–Crippen LogP) is 2.71. The van der Waals surface area contributed by atoms with Crippen molar-refractivity contribution >= 4 is 17.0 Å². The van der Waals surface area contributed by atoms with Gasteiger partial charge in [0.05, 0.1) is 19.5 Å². The number of aliphatic hydroxyl groups excluding tert-OH is 1. The third-order valence-electron chi connectivity index (χ3n) is 4.24. The van der Waals surface area contributed by atoms with Crippen LogP contribution >= 0.6 is 0 Å². The molecule has 0 fully saturated rings. The van der Waals surface area contributed by atoms with Gasteiger partial charge in [-0.25, -0.2) is 4.98 Å². The van der Waals surface area contributed by atoms with Crippen molar-refractivity contribution in [3.63, 3.8) is 0 Å². The van der Waals surface area contributed by atoms with Gasteiger partial charge in [-0.15, -0.1) is 0 Å². The van der Waals surface area contributed by atoms with Crippen LogP contribution in [0.1, 0.15) is 37.3 Å². The van der Waals surface area contributed by atoms with Crippen molar-refractivity contribution in [2.45, 2.75) is 45.8 Å². The lowest BCUT2D eigenvalue weighted by molar-refractivity contribution is 0.281. The van der Waals surface area contributed by atoms with Gasteiger partial charge in [0.15, 0.2) is 11.5 Å². The fraction of sp³-hybridized carbons (Fsp3) is 0.421. The molecule has 2 aromatic heterocycles. The van der Waals surface area contributed by atoms with Gasteiger partial charge < -0.3 is 20.1 Å². The van der Waals surface area contributed by atoms with E-state index < -0.39 is 0 Å². The Kier molecular flexibility index (Phi) is 6.01. The van der Waals surface area contributed by atoms with Crippen molar-refractivity contribution in [2.75, 3.05) is 12.3 Å². The first-order valence-corrected chi connectivity index (χ1v) is 9.01. The zero-order valence-electron chi connectivity index (χ0n) is 15.1. The van der Waals surface area contributed by atoms with Crippen molar-refractivity contribution in [3.05, 3.63) is 41.7 Å². The van der Waals surface area contributed by atoms with Gasteiger partial charge in [0.25, 0.3) is 0 Å². The van der Waals surface area contributed by atoms with Crippen LogP contribution in [0.25, 0.3) is 11.2 Å². The highest BCUT2D eigenvalue weighted by Gasteiger charge is 2.12. The van der Waals surface area contributed by atoms with E-state index in [0.29, 0.717) is 29.6 Å². The van der Waals surface area contributed by atoms with E-state index in [0.717, 1.165) is 37.8 Å². The summed E-state index contributed by atoms with van der Waals surface area (Å²) in [7, 11) is 0.